The van der Waals surface area contributed by atoms with Crippen LogP contribution in [-0.4, -0.2) is 91.2 Å². The normalized spacial score (nSPS) is 20.4. The molecule has 1 aromatic heterocycles. The predicted octanol–water partition coefficient (Wildman–Crippen LogP) is 5.51. The van der Waals surface area contributed by atoms with Gasteiger partial charge in [-0.15, -0.1) is 0 Å². The molecule has 6 rings (SSSR count). The Balaban J connectivity index is 1.38. The highest BCUT2D eigenvalue weighted by molar-refractivity contribution is 6.36. The first kappa shape index (κ1) is 32.0. The average Bonchev–Trinajstić information content (AvgIpc) is 3.79. The maximum Gasteiger partial charge on any atom is 0.318 e. The summed E-state index contributed by atoms with van der Waals surface area (Å²) in [6.45, 7) is 15.5. The van der Waals surface area contributed by atoms with E-state index in [2.05, 4.69) is 47.1 Å². The Kier molecular flexibility index (Phi) is 8.79. The summed E-state index contributed by atoms with van der Waals surface area (Å²) in [5, 5.41) is 1.59. The van der Waals surface area contributed by atoms with Crippen molar-refractivity contribution in [3.05, 3.63) is 76.3 Å². The lowest BCUT2D eigenvalue weighted by atomic mass is 9.96. The van der Waals surface area contributed by atoms with Crippen molar-refractivity contribution in [3.63, 3.8) is 0 Å². The van der Waals surface area contributed by atoms with E-state index < -0.39 is 23.6 Å². The van der Waals surface area contributed by atoms with Crippen molar-refractivity contribution >= 4 is 39.8 Å². The second-order valence-corrected chi connectivity index (χ2v) is 13.4. The van der Waals surface area contributed by atoms with E-state index in [1.54, 1.807) is 6.07 Å². The molecular formula is C34H38ClF2N7O2. The van der Waals surface area contributed by atoms with Gasteiger partial charge >= 0.3 is 6.01 Å². The van der Waals surface area contributed by atoms with Gasteiger partial charge in [-0.2, -0.15) is 9.97 Å². The number of hydrogen-bond donors (Lipinski definition) is 0. The van der Waals surface area contributed by atoms with E-state index in [0.29, 0.717) is 43.9 Å². The van der Waals surface area contributed by atoms with Crippen molar-refractivity contribution in [2.24, 2.45) is 5.41 Å². The Bertz CT molecular complexity index is 1720. The molecule has 242 valence electrons. The van der Waals surface area contributed by atoms with Crippen molar-refractivity contribution in [1.82, 2.24) is 19.8 Å². The van der Waals surface area contributed by atoms with Crippen LogP contribution in [0, 0.1) is 17.8 Å². The number of piperazine rings is 1. The van der Waals surface area contributed by atoms with Crippen LogP contribution in [0.25, 0.3) is 15.6 Å². The van der Waals surface area contributed by atoms with E-state index in [1.807, 2.05) is 18.2 Å². The summed E-state index contributed by atoms with van der Waals surface area (Å²) < 4.78 is 34.9. The molecular weight excluding hydrogens is 612 g/mol. The zero-order chi connectivity index (χ0) is 32.7. The molecule has 3 aromatic rings. The Morgan fingerprint density at radius 3 is 2.72 bits per heavy atom. The van der Waals surface area contributed by atoms with Crippen molar-refractivity contribution in [2.45, 2.75) is 44.8 Å². The van der Waals surface area contributed by atoms with Gasteiger partial charge in [0.05, 0.1) is 23.9 Å². The van der Waals surface area contributed by atoms with Crippen LogP contribution in [0.15, 0.2) is 42.7 Å². The van der Waals surface area contributed by atoms with Crippen LogP contribution in [0.1, 0.15) is 31.0 Å². The molecule has 2 aromatic carbocycles. The highest BCUT2D eigenvalue weighted by Gasteiger charge is 2.44. The minimum Gasteiger partial charge on any atom is -0.463 e. The third kappa shape index (κ3) is 6.20. The van der Waals surface area contributed by atoms with Crippen LogP contribution in [0.3, 0.4) is 0 Å². The quantitative estimate of drug-likeness (QED) is 0.224. The number of nitrogens with zero attached hydrogens (tertiary/aromatic N) is 7. The molecule has 1 saturated heterocycles. The topological polar surface area (TPSA) is 69.4 Å². The average molecular weight is 650 g/mol. The summed E-state index contributed by atoms with van der Waals surface area (Å²) in [5.74, 6) is -1.59. The van der Waals surface area contributed by atoms with Crippen molar-refractivity contribution in [2.75, 3.05) is 63.2 Å². The van der Waals surface area contributed by atoms with Crippen molar-refractivity contribution in [1.29, 1.82) is 0 Å². The number of anilines is 2. The molecule has 0 radical (unpaired) electrons. The molecule has 3 heterocycles. The molecule has 2 aliphatic heterocycles. The van der Waals surface area contributed by atoms with E-state index in [4.69, 9.17) is 32.9 Å². The Hall–Kier alpha value is -4.01. The van der Waals surface area contributed by atoms with Gasteiger partial charge in [0.2, 0.25) is 6.54 Å². The first-order valence-electron chi connectivity index (χ1n) is 15.5. The summed E-state index contributed by atoms with van der Waals surface area (Å²) in [5.41, 5.74) is 2.63. The van der Waals surface area contributed by atoms with Gasteiger partial charge < -0.3 is 29.2 Å². The lowest BCUT2D eigenvalue weighted by molar-refractivity contribution is -0.131. The van der Waals surface area contributed by atoms with E-state index in [0.717, 1.165) is 41.7 Å². The van der Waals surface area contributed by atoms with E-state index in [-0.39, 0.29) is 35.6 Å². The number of rotatable bonds is 9. The summed E-state index contributed by atoms with van der Waals surface area (Å²) in [7, 11) is 4.10. The standard InChI is InChI=1S/C34H38ClF2N7O2/c1-21-15-25-27(18-44(21)28-8-6-7-23-9-10-26(37)30(35)29(23)28)39-33(46-20-34(11-12-34)19-41(4)5)40-31(25)42-13-14-43(32(45)22(2)36)24(17-42)16-38-3/h6-10,21,24H,2,11-20H2,1,4-5H3/t21-,24+/m1/s1. The highest BCUT2D eigenvalue weighted by Crippen LogP contribution is 2.46. The summed E-state index contributed by atoms with van der Waals surface area (Å²) >= 11 is 6.53. The smallest absolute Gasteiger partial charge is 0.318 e. The van der Waals surface area contributed by atoms with Gasteiger partial charge in [-0.1, -0.05) is 36.4 Å². The van der Waals surface area contributed by atoms with Gasteiger partial charge in [-0.25, -0.2) is 15.4 Å². The van der Waals surface area contributed by atoms with Crippen LogP contribution in [0.2, 0.25) is 5.02 Å². The molecule has 1 saturated carbocycles. The lowest BCUT2D eigenvalue weighted by Gasteiger charge is -2.42. The van der Waals surface area contributed by atoms with Gasteiger partial charge in [-0.05, 0) is 57.8 Å². The molecule has 0 unspecified atom stereocenters. The maximum atomic E-state index is 14.7. The second-order valence-electron chi connectivity index (χ2n) is 13.0. The number of ether oxygens (including phenoxy) is 1. The number of aromatic nitrogens is 2. The number of hydrogen-bond acceptors (Lipinski definition) is 7. The molecule has 2 atom stereocenters. The van der Waals surface area contributed by atoms with Crippen molar-refractivity contribution < 1.29 is 18.3 Å². The molecule has 0 N–H and O–H groups in total. The number of amides is 1. The monoisotopic (exact) mass is 649 g/mol. The first-order chi connectivity index (χ1) is 22.0. The second kappa shape index (κ2) is 12.6. The third-order valence-corrected chi connectivity index (χ3v) is 9.69. The fourth-order valence-corrected chi connectivity index (χ4v) is 7.15. The van der Waals surface area contributed by atoms with Gasteiger partial charge in [0, 0.05) is 54.3 Å². The number of carbonyl (C=O) groups excluding carboxylic acids is 1. The number of carbonyl (C=O) groups is 1. The SMILES string of the molecule is [C-]#[N+]C[C@H]1CN(c2nc(OCC3(CN(C)C)CC3)nc3c2C[C@@H](C)N(c2cccc4ccc(F)c(Cl)c24)C3)CCN1C(=O)C(=C)F. The van der Waals surface area contributed by atoms with Crippen LogP contribution in [0.4, 0.5) is 20.3 Å². The molecule has 2 fully saturated rings. The summed E-state index contributed by atoms with van der Waals surface area (Å²) in [4.78, 5) is 33.8. The highest BCUT2D eigenvalue weighted by atomic mass is 35.5. The van der Waals surface area contributed by atoms with Gasteiger partial charge in [0.1, 0.15) is 17.7 Å². The number of fused-ring (bicyclic) bond motifs is 2. The van der Waals surface area contributed by atoms with Crippen molar-refractivity contribution in [3.8, 4) is 6.01 Å². The number of halogens is 3. The van der Waals surface area contributed by atoms with Crippen LogP contribution in [0.5, 0.6) is 6.01 Å². The summed E-state index contributed by atoms with van der Waals surface area (Å²) in [6.07, 6.45) is 2.73. The van der Waals surface area contributed by atoms with Gasteiger partial charge in [-0.3, -0.25) is 4.79 Å². The zero-order valence-electron chi connectivity index (χ0n) is 26.4. The summed E-state index contributed by atoms with van der Waals surface area (Å²) in [6, 6.07) is 8.66. The Morgan fingerprint density at radius 2 is 2.02 bits per heavy atom. The van der Waals surface area contributed by atoms with E-state index >= 15 is 0 Å². The molecule has 46 heavy (non-hydrogen) atoms. The van der Waals surface area contributed by atoms with Gasteiger partial charge in [0.25, 0.3) is 5.91 Å². The Labute approximate surface area is 273 Å². The largest absolute Gasteiger partial charge is 0.463 e. The third-order valence-electron chi connectivity index (χ3n) is 9.32. The molecule has 1 amide bonds. The molecule has 0 spiro atoms. The maximum absolute atomic E-state index is 14.7. The van der Waals surface area contributed by atoms with E-state index in [9.17, 15) is 13.6 Å². The molecule has 12 heteroatoms. The van der Waals surface area contributed by atoms with Gasteiger partial charge in [0.15, 0.2) is 5.83 Å². The fourth-order valence-electron chi connectivity index (χ4n) is 6.88. The zero-order valence-corrected chi connectivity index (χ0v) is 27.2. The van der Waals surface area contributed by atoms with Crippen LogP contribution < -0.4 is 14.5 Å². The lowest BCUT2D eigenvalue weighted by Crippen LogP contribution is -2.57. The number of benzene rings is 2. The van der Waals surface area contributed by atoms with E-state index in [1.165, 1.54) is 11.0 Å². The molecule has 1 aliphatic carbocycles. The molecule has 3 aliphatic rings. The Morgan fingerprint density at radius 1 is 1.24 bits per heavy atom. The predicted molar refractivity (Wildman–Crippen MR) is 175 cm³/mol. The minimum atomic E-state index is -1.03. The fraction of sp³-hybridized carbons (Fsp3) is 0.471. The molecule has 9 nitrogen and oxygen atoms in total. The van der Waals surface area contributed by atoms with Crippen LogP contribution >= 0.6 is 11.6 Å². The first-order valence-corrected chi connectivity index (χ1v) is 15.9. The molecule has 0 bridgehead atoms. The minimum absolute atomic E-state index is 0.0156. The van der Waals surface area contributed by atoms with Crippen LogP contribution in [-0.2, 0) is 17.8 Å².